The summed E-state index contributed by atoms with van der Waals surface area (Å²) in [6.45, 7) is 13.9. The number of nitrogens with one attached hydrogen (secondary N) is 1. The number of hydrogen-bond acceptors (Lipinski definition) is 6. The van der Waals surface area contributed by atoms with Crippen LogP contribution in [0.15, 0.2) is 0 Å². The normalized spacial score (nSPS) is 21.5. The van der Waals surface area contributed by atoms with Crippen molar-refractivity contribution in [3.63, 3.8) is 0 Å². The van der Waals surface area contributed by atoms with E-state index in [1.54, 1.807) is 0 Å². The Labute approximate surface area is 176 Å². The number of piperidine rings is 1. The molecule has 1 atom stereocenters. The van der Waals surface area contributed by atoms with Crippen molar-refractivity contribution in [2.24, 2.45) is 11.8 Å². The van der Waals surface area contributed by atoms with E-state index in [0.717, 1.165) is 52.1 Å². The molecule has 0 saturated carbocycles. The van der Waals surface area contributed by atoms with Crippen LogP contribution < -0.4 is 5.32 Å². The summed E-state index contributed by atoms with van der Waals surface area (Å²) >= 11 is 0. The first-order valence-corrected chi connectivity index (χ1v) is 11.2. The van der Waals surface area contributed by atoms with Gasteiger partial charge in [-0.25, -0.2) is 0 Å². The number of likely N-dealkylation sites (N-methyl/N-ethyl adjacent to an activating group) is 1. The summed E-state index contributed by atoms with van der Waals surface area (Å²) in [5.41, 5.74) is 0. The number of rotatable bonds is 9. The molecule has 29 heavy (non-hydrogen) atoms. The van der Waals surface area contributed by atoms with Crippen LogP contribution in [0.1, 0.15) is 47.0 Å². The van der Waals surface area contributed by atoms with E-state index in [0.29, 0.717) is 12.6 Å². The van der Waals surface area contributed by atoms with E-state index in [1.165, 1.54) is 0 Å². The summed E-state index contributed by atoms with van der Waals surface area (Å²) in [6.07, 6.45) is 2.25. The second kappa shape index (κ2) is 11.2. The van der Waals surface area contributed by atoms with Gasteiger partial charge in [0.1, 0.15) is 5.78 Å². The zero-order valence-electron chi connectivity index (χ0n) is 18.9. The standard InChI is InChI=1S/C22H40N4O3/c1-16(2)20(27)14-19(22(29)17(3)4)23-21(28)15-25-8-6-18(7-9-25)26-12-10-24(5)11-13-26/h16-19H,6-15H2,1-5H3,(H,23,28). The minimum Gasteiger partial charge on any atom is -0.345 e. The average molecular weight is 409 g/mol. The molecule has 2 heterocycles. The minimum absolute atomic E-state index is 0.0114. The van der Waals surface area contributed by atoms with E-state index >= 15 is 0 Å². The SMILES string of the molecule is CC(C)C(=O)CC(NC(=O)CN1CCC(N2CCN(C)CC2)CC1)C(=O)C(C)C. The second-order valence-electron chi connectivity index (χ2n) is 9.35. The summed E-state index contributed by atoms with van der Waals surface area (Å²) in [4.78, 5) is 44.3. The van der Waals surface area contributed by atoms with Gasteiger partial charge in [-0.05, 0) is 19.9 Å². The van der Waals surface area contributed by atoms with Crippen LogP contribution in [0.2, 0.25) is 0 Å². The molecular weight excluding hydrogens is 368 g/mol. The quantitative estimate of drug-likeness (QED) is 0.614. The van der Waals surface area contributed by atoms with E-state index in [-0.39, 0.29) is 35.7 Å². The molecule has 1 amide bonds. The zero-order valence-corrected chi connectivity index (χ0v) is 18.9. The monoisotopic (exact) mass is 408 g/mol. The number of piperazine rings is 1. The fourth-order valence-corrected chi connectivity index (χ4v) is 4.13. The van der Waals surface area contributed by atoms with Crippen molar-refractivity contribution in [3.8, 4) is 0 Å². The van der Waals surface area contributed by atoms with Gasteiger partial charge in [-0.1, -0.05) is 27.7 Å². The molecular formula is C22H40N4O3. The molecule has 0 aliphatic carbocycles. The molecule has 2 aliphatic heterocycles. The summed E-state index contributed by atoms with van der Waals surface area (Å²) in [5.74, 6) is -0.556. The summed E-state index contributed by atoms with van der Waals surface area (Å²) in [5, 5.41) is 2.84. The van der Waals surface area contributed by atoms with Gasteiger partial charge in [0.15, 0.2) is 5.78 Å². The maximum Gasteiger partial charge on any atom is 0.234 e. The largest absolute Gasteiger partial charge is 0.345 e. The van der Waals surface area contributed by atoms with Gasteiger partial charge in [0.2, 0.25) is 5.91 Å². The van der Waals surface area contributed by atoms with Gasteiger partial charge in [-0.15, -0.1) is 0 Å². The lowest BCUT2D eigenvalue weighted by Crippen LogP contribution is -2.53. The van der Waals surface area contributed by atoms with E-state index < -0.39 is 6.04 Å². The molecule has 2 aliphatic rings. The Hall–Kier alpha value is -1.31. The smallest absolute Gasteiger partial charge is 0.234 e. The van der Waals surface area contributed by atoms with Crippen LogP contribution in [0.4, 0.5) is 0 Å². The number of likely N-dealkylation sites (tertiary alicyclic amines) is 1. The third-order valence-electron chi connectivity index (χ3n) is 6.28. The molecule has 2 rings (SSSR count). The van der Waals surface area contributed by atoms with E-state index in [1.807, 2.05) is 27.7 Å². The van der Waals surface area contributed by atoms with Crippen LogP contribution in [-0.4, -0.2) is 97.1 Å². The molecule has 7 heteroatoms. The van der Waals surface area contributed by atoms with Crippen molar-refractivity contribution in [2.75, 3.05) is 52.9 Å². The number of carbonyl (C=O) groups is 3. The highest BCUT2D eigenvalue weighted by Gasteiger charge is 2.29. The number of hydrogen-bond donors (Lipinski definition) is 1. The van der Waals surface area contributed by atoms with Gasteiger partial charge < -0.3 is 10.2 Å². The van der Waals surface area contributed by atoms with Crippen molar-refractivity contribution in [3.05, 3.63) is 0 Å². The van der Waals surface area contributed by atoms with Crippen molar-refractivity contribution in [1.29, 1.82) is 0 Å². The topological polar surface area (TPSA) is 73.0 Å². The van der Waals surface area contributed by atoms with Crippen molar-refractivity contribution >= 4 is 17.5 Å². The Kier molecular flexibility index (Phi) is 9.24. The van der Waals surface area contributed by atoms with Crippen LogP contribution in [0.3, 0.4) is 0 Å². The van der Waals surface area contributed by atoms with Gasteiger partial charge in [-0.3, -0.25) is 24.2 Å². The Morgan fingerprint density at radius 1 is 0.897 bits per heavy atom. The molecule has 0 aromatic heterocycles. The van der Waals surface area contributed by atoms with E-state index in [2.05, 4.69) is 27.1 Å². The molecule has 7 nitrogen and oxygen atoms in total. The summed E-state index contributed by atoms with van der Waals surface area (Å²) < 4.78 is 0. The molecule has 0 bridgehead atoms. The number of Topliss-reactive ketones (excluding diaryl/α,β-unsaturated/α-hetero) is 2. The number of carbonyl (C=O) groups excluding carboxylic acids is 3. The second-order valence-corrected chi connectivity index (χ2v) is 9.35. The van der Waals surface area contributed by atoms with Crippen LogP contribution in [0.25, 0.3) is 0 Å². The predicted octanol–water partition coefficient (Wildman–Crippen LogP) is 1.02. The van der Waals surface area contributed by atoms with Crippen LogP contribution >= 0.6 is 0 Å². The number of amides is 1. The third kappa shape index (κ3) is 7.46. The third-order valence-corrected chi connectivity index (χ3v) is 6.28. The van der Waals surface area contributed by atoms with Gasteiger partial charge in [0, 0.05) is 63.6 Å². The lowest BCUT2D eigenvalue weighted by Gasteiger charge is -2.42. The Morgan fingerprint density at radius 2 is 1.48 bits per heavy atom. The summed E-state index contributed by atoms with van der Waals surface area (Å²) in [6, 6.07) is -0.0952. The number of ketones is 2. The molecule has 0 radical (unpaired) electrons. The highest BCUT2D eigenvalue weighted by atomic mass is 16.2. The molecule has 0 aromatic carbocycles. The zero-order chi connectivity index (χ0) is 21.6. The molecule has 0 aromatic rings. The average Bonchev–Trinajstić information content (AvgIpc) is 2.67. The lowest BCUT2D eigenvalue weighted by atomic mass is 9.94. The summed E-state index contributed by atoms with van der Waals surface area (Å²) in [7, 11) is 2.17. The fourth-order valence-electron chi connectivity index (χ4n) is 4.13. The van der Waals surface area contributed by atoms with Gasteiger partial charge in [0.25, 0.3) is 0 Å². The Morgan fingerprint density at radius 3 is 2.00 bits per heavy atom. The predicted molar refractivity (Wildman–Crippen MR) is 115 cm³/mol. The van der Waals surface area contributed by atoms with Gasteiger partial charge >= 0.3 is 0 Å². The van der Waals surface area contributed by atoms with Crippen molar-refractivity contribution in [2.45, 2.75) is 59.0 Å². The molecule has 0 spiro atoms. The maximum absolute atomic E-state index is 12.6. The minimum atomic E-state index is -0.708. The first-order chi connectivity index (χ1) is 13.7. The van der Waals surface area contributed by atoms with Crippen LogP contribution in [0.5, 0.6) is 0 Å². The van der Waals surface area contributed by atoms with Gasteiger partial charge in [0.05, 0.1) is 12.6 Å². The molecule has 1 N–H and O–H groups in total. The van der Waals surface area contributed by atoms with E-state index in [9.17, 15) is 14.4 Å². The van der Waals surface area contributed by atoms with Crippen LogP contribution in [0, 0.1) is 11.8 Å². The Bertz CT molecular complexity index is 562. The van der Waals surface area contributed by atoms with Crippen LogP contribution in [-0.2, 0) is 14.4 Å². The van der Waals surface area contributed by atoms with Crippen molar-refractivity contribution in [1.82, 2.24) is 20.0 Å². The Balaban J connectivity index is 1.81. The van der Waals surface area contributed by atoms with E-state index in [4.69, 9.17) is 0 Å². The first-order valence-electron chi connectivity index (χ1n) is 11.2. The molecule has 2 fully saturated rings. The molecule has 1 unspecified atom stereocenters. The molecule has 2 saturated heterocycles. The fraction of sp³-hybridized carbons (Fsp3) is 0.864. The highest BCUT2D eigenvalue weighted by molar-refractivity contribution is 5.95. The lowest BCUT2D eigenvalue weighted by molar-refractivity contribution is -0.132. The first kappa shape index (κ1) is 24.0. The van der Waals surface area contributed by atoms with Crippen molar-refractivity contribution < 1.29 is 14.4 Å². The maximum atomic E-state index is 12.6. The van der Waals surface area contributed by atoms with Gasteiger partial charge in [-0.2, -0.15) is 0 Å². The highest BCUT2D eigenvalue weighted by Crippen LogP contribution is 2.18. The molecule has 166 valence electrons. The number of nitrogens with zero attached hydrogens (tertiary/aromatic N) is 3.